The third-order valence-electron chi connectivity index (χ3n) is 2.93. The lowest BCUT2D eigenvalue weighted by Gasteiger charge is -2.11. The maximum Gasteiger partial charge on any atom is 0.241 e. The monoisotopic (exact) mass is 247 g/mol. The van der Waals surface area contributed by atoms with E-state index in [1.165, 1.54) is 0 Å². The molecule has 2 rings (SSSR count). The molecule has 0 saturated carbocycles. The predicted octanol–water partition coefficient (Wildman–Crippen LogP) is 1.25. The van der Waals surface area contributed by atoms with Gasteiger partial charge in [0.1, 0.15) is 0 Å². The van der Waals surface area contributed by atoms with Gasteiger partial charge in [-0.25, -0.2) is 0 Å². The molecule has 1 aromatic carbocycles. The number of nitrogens with one attached hydrogen (secondary N) is 2. The minimum atomic E-state index is -0.483. The molecule has 0 saturated heterocycles. The SMILES string of the molecule is CCCC(N)C(=O)Nc1ccc2c(c1)CC(=O)N2. The largest absolute Gasteiger partial charge is 0.326 e. The topological polar surface area (TPSA) is 84.2 Å². The number of anilines is 2. The molecule has 1 heterocycles. The summed E-state index contributed by atoms with van der Waals surface area (Å²) in [5, 5.41) is 5.51. The van der Waals surface area contributed by atoms with E-state index in [1.807, 2.05) is 13.0 Å². The molecule has 1 aromatic rings. The Morgan fingerprint density at radius 1 is 1.56 bits per heavy atom. The van der Waals surface area contributed by atoms with Crippen molar-refractivity contribution < 1.29 is 9.59 Å². The summed E-state index contributed by atoms with van der Waals surface area (Å²) in [6.07, 6.45) is 1.90. The van der Waals surface area contributed by atoms with Crippen LogP contribution >= 0.6 is 0 Å². The second-order valence-electron chi connectivity index (χ2n) is 4.48. The number of carbonyl (C=O) groups excluding carboxylic acids is 2. The van der Waals surface area contributed by atoms with Crippen LogP contribution in [0.2, 0.25) is 0 Å². The first kappa shape index (κ1) is 12.6. The summed E-state index contributed by atoms with van der Waals surface area (Å²) in [5.41, 5.74) is 8.13. The molecular weight excluding hydrogens is 230 g/mol. The number of hydrogen-bond donors (Lipinski definition) is 3. The van der Waals surface area contributed by atoms with Gasteiger partial charge in [0, 0.05) is 11.4 Å². The maximum atomic E-state index is 11.7. The van der Waals surface area contributed by atoms with Gasteiger partial charge >= 0.3 is 0 Å². The number of benzene rings is 1. The van der Waals surface area contributed by atoms with Gasteiger partial charge in [0.25, 0.3) is 0 Å². The van der Waals surface area contributed by atoms with Gasteiger partial charge in [-0.1, -0.05) is 13.3 Å². The number of hydrogen-bond acceptors (Lipinski definition) is 3. The smallest absolute Gasteiger partial charge is 0.241 e. The number of rotatable bonds is 4. The van der Waals surface area contributed by atoms with Crippen LogP contribution in [-0.2, 0) is 16.0 Å². The lowest BCUT2D eigenvalue weighted by Crippen LogP contribution is -2.35. The minimum absolute atomic E-state index is 0.0174. The van der Waals surface area contributed by atoms with Crippen molar-refractivity contribution in [2.75, 3.05) is 10.6 Å². The van der Waals surface area contributed by atoms with Gasteiger partial charge in [-0.05, 0) is 30.2 Å². The van der Waals surface area contributed by atoms with Gasteiger partial charge in [0.2, 0.25) is 11.8 Å². The summed E-state index contributed by atoms with van der Waals surface area (Å²) in [7, 11) is 0. The Hall–Kier alpha value is -1.88. The molecule has 96 valence electrons. The Bertz CT molecular complexity index is 485. The normalized spacial score (nSPS) is 14.9. The van der Waals surface area contributed by atoms with Crippen molar-refractivity contribution >= 4 is 23.2 Å². The number of nitrogens with two attached hydrogens (primary N) is 1. The molecule has 0 bridgehead atoms. The third kappa shape index (κ3) is 2.68. The summed E-state index contributed by atoms with van der Waals surface area (Å²) in [4.78, 5) is 23.0. The van der Waals surface area contributed by atoms with E-state index < -0.39 is 6.04 Å². The fraction of sp³-hybridized carbons (Fsp3) is 0.385. The van der Waals surface area contributed by atoms with Gasteiger partial charge in [0.15, 0.2) is 0 Å². The van der Waals surface area contributed by atoms with Crippen LogP contribution in [-0.4, -0.2) is 17.9 Å². The highest BCUT2D eigenvalue weighted by Gasteiger charge is 2.18. The van der Waals surface area contributed by atoms with Crippen LogP contribution in [0.3, 0.4) is 0 Å². The molecule has 5 nitrogen and oxygen atoms in total. The molecule has 0 aliphatic carbocycles. The molecule has 1 atom stereocenters. The summed E-state index contributed by atoms with van der Waals surface area (Å²) >= 11 is 0. The lowest BCUT2D eigenvalue weighted by molar-refractivity contribution is -0.117. The molecular formula is C13H17N3O2. The zero-order chi connectivity index (χ0) is 13.1. The molecule has 1 unspecified atom stereocenters. The average Bonchev–Trinajstić information content (AvgIpc) is 2.68. The van der Waals surface area contributed by atoms with Crippen molar-refractivity contribution in [2.45, 2.75) is 32.2 Å². The summed E-state index contributed by atoms with van der Waals surface area (Å²) in [5.74, 6) is -0.203. The summed E-state index contributed by atoms with van der Waals surface area (Å²) in [6.45, 7) is 1.99. The van der Waals surface area contributed by atoms with E-state index in [1.54, 1.807) is 12.1 Å². The van der Waals surface area contributed by atoms with E-state index in [0.717, 1.165) is 17.7 Å². The Balaban J connectivity index is 2.05. The molecule has 2 amide bonds. The molecule has 0 spiro atoms. The van der Waals surface area contributed by atoms with Gasteiger partial charge in [0.05, 0.1) is 12.5 Å². The van der Waals surface area contributed by atoms with E-state index in [4.69, 9.17) is 5.73 Å². The fourth-order valence-electron chi connectivity index (χ4n) is 1.98. The van der Waals surface area contributed by atoms with E-state index in [0.29, 0.717) is 18.5 Å². The Morgan fingerprint density at radius 2 is 2.33 bits per heavy atom. The highest BCUT2D eigenvalue weighted by Crippen LogP contribution is 2.25. The number of amides is 2. The van der Waals surface area contributed by atoms with Crippen LogP contribution in [0.4, 0.5) is 11.4 Å². The van der Waals surface area contributed by atoms with Crippen LogP contribution in [0.5, 0.6) is 0 Å². The Labute approximate surface area is 106 Å². The van der Waals surface area contributed by atoms with E-state index in [2.05, 4.69) is 10.6 Å². The first-order chi connectivity index (χ1) is 8.60. The third-order valence-corrected chi connectivity index (χ3v) is 2.93. The lowest BCUT2D eigenvalue weighted by atomic mass is 10.1. The van der Waals surface area contributed by atoms with Crippen molar-refractivity contribution in [3.05, 3.63) is 23.8 Å². The highest BCUT2D eigenvalue weighted by atomic mass is 16.2. The maximum absolute atomic E-state index is 11.7. The second kappa shape index (κ2) is 5.18. The van der Waals surface area contributed by atoms with Gasteiger partial charge in [-0.15, -0.1) is 0 Å². The van der Waals surface area contributed by atoms with Crippen LogP contribution in [0.1, 0.15) is 25.3 Å². The quantitative estimate of drug-likeness (QED) is 0.748. The molecule has 4 N–H and O–H groups in total. The predicted molar refractivity (Wildman–Crippen MR) is 70.3 cm³/mol. The first-order valence-electron chi connectivity index (χ1n) is 6.09. The first-order valence-corrected chi connectivity index (χ1v) is 6.09. The number of carbonyl (C=O) groups is 2. The van der Waals surface area contributed by atoms with Crippen LogP contribution in [0.15, 0.2) is 18.2 Å². The Kier molecular flexibility index (Phi) is 3.62. The minimum Gasteiger partial charge on any atom is -0.326 e. The number of fused-ring (bicyclic) bond motifs is 1. The summed E-state index contributed by atoms with van der Waals surface area (Å²) in [6, 6.07) is 4.88. The zero-order valence-electron chi connectivity index (χ0n) is 10.3. The second-order valence-corrected chi connectivity index (χ2v) is 4.48. The molecule has 5 heteroatoms. The van der Waals surface area contributed by atoms with Crippen molar-refractivity contribution in [1.82, 2.24) is 0 Å². The van der Waals surface area contributed by atoms with E-state index in [9.17, 15) is 9.59 Å². The van der Waals surface area contributed by atoms with Crippen molar-refractivity contribution in [1.29, 1.82) is 0 Å². The standard InChI is InChI=1S/C13H17N3O2/c1-2-3-10(14)13(18)15-9-4-5-11-8(6-9)7-12(17)16-11/h4-6,10H,2-3,7,14H2,1H3,(H,15,18)(H,16,17). The molecule has 0 radical (unpaired) electrons. The van der Waals surface area contributed by atoms with Gasteiger partial charge in [-0.2, -0.15) is 0 Å². The fourth-order valence-corrected chi connectivity index (χ4v) is 1.98. The van der Waals surface area contributed by atoms with Crippen LogP contribution in [0.25, 0.3) is 0 Å². The van der Waals surface area contributed by atoms with Crippen molar-refractivity contribution in [2.24, 2.45) is 5.73 Å². The highest BCUT2D eigenvalue weighted by molar-refractivity contribution is 6.00. The van der Waals surface area contributed by atoms with Crippen LogP contribution < -0.4 is 16.4 Å². The summed E-state index contributed by atoms with van der Waals surface area (Å²) < 4.78 is 0. The molecule has 18 heavy (non-hydrogen) atoms. The van der Waals surface area contributed by atoms with E-state index >= 15 is 0 Å². The molecule has 0 aromatic heterocycles. The van der Waals surface area contributed by atoms with Crippen molar-refractivity contribution in [3.63, 3.8) is 0 Å². The molecule has 1 aliphatic rings. The zero-order valence-corrected chi connectivity index (χ0v) is 10.3. The molecule has 0 fully saturated rings. The Morgan fingerprint density at radius 3 is 3.06 bits per heavy atom. The van der Waals surface area contributed by atoms with E-state index in [-0.39, 0.29) is 11.8 Å². The molecule has 1 aliphatic heterocycles. The average molecular weight is 247 g/mol. The van der Waals surface area contributed by atoms with Crippen molar-refractivity contribution in [3.8, 4) is 0 Å². The van der Waals surface area contributed by atoms with Gasteiger partial charge < -0.3 is 16.4 Å². The van der Waals surface area contributed by atoms with Crippen LogP contribution in [0, 0.1) is 0 Å². The van der Waals surface area contributed by atoms with Gasteiger partial charge in [-0.3, -0.25) is 9.59 Å².